The van der Waals surface area contributed by atoms with Crippen molar-refractivity contribution in [2.75, 3.05) is 19.8 Å². The average Bonchev–Trinajstić information content (AvgIpc) is 2.98. The summed E-state index contributed by atoms with van der Waals surface area (Å²) in [6.45, 7) is 3.13. The van der Waals surface area contributed by atoms with E-state index in [4.69, 9.17) is 4.74 Å². The second kappa shape index (κ2) is 4.76. The maximum absolute atomic E-state index is 11.8. The van der Waals surface area contributed by atoms with Crippen LogP contribution in [0.15, 0.2) is 0 Å². The number of carboxylic acid groups (broad SMARTS) is 1. The smallest absolute Gasteiger partial charge is 0.332 e. The minimum atomic E-state index is -1.26. The van der Waals surface area contributed by atoms with E-state index in [9.17, 15) is 14.7 Å². The van der Waals surface area contributed by atoms with Crippen LogP contribution in [-0.2, 0) is 9.53 Å². The molecular formula is C12H20N2O4. The molecule has 0 aromatic rings. The van der Waals surface area contributed by atoms with E-state index in [-0.39, 0.29) is 12.0 Å². The van der Waals surface area contributed by atoms with Gasteiger partial charge in [-0.3, -0.25) is 0 Å². The monoisotopic (exact) mass is 256 g/mol. The molecule has 1 atom stereocenters. The van der Waals surface area contributed by atoms with E-state index in [0.29, 0.717) is 19.6 Å². The Bertz CT molecular complexity index is 346. The molecule has 102 valence electrons. The first-order valence-electron chi connectivity index (χ1n) is 6.39. The highest BCUT2D eigenvalue weighted by Crippen LogP contribution is 2.47. The van der Waals surface area contributed by atoms with Crippen LogP contribution < -0.4 is 10.6 Å². The fraction of sp³-hybridized carbons (Fsp3) is 0.833. The highest BCUT2D eigenvalue weighted by atomic mass is 16.5. The fourth-order valence-electron chi connectivity index (χ4n) is 2.25. The predicted molar refractivity (Wildman–Crippen MR) is 64.3 cm³/mol. The van der Waals surface area contributed by atoms with Crippen molar-refractivity contribution >= 4 is 12.0 Å². The van der Waals surface area contributed by atoms with E-state index in [1.165, 1.54) is 0 Å². The number of ether oxygens (including phenoxy) is 1. The Kier molecular flexibility index (Phi) is 3.47. The third-order valence-corrected chi connectivity index (χ3v) is 4.11. The van der Waals surface area contributed by atoms with E-state index in [1.807, 2.05) is 0 Å². The number of hydrogen-bond acceptors (Lipinski definition) is 3. The Morgan fingerprint density at radius 1 is 1.33 bits per heavy atom. The minimum absolute atomic E-state index is 0.0364. The van der Waals surface area contributed by atoms with Crippen molar-refractivity contribution in [2.45, 2.75) is 38.1 Å². The van der Waals surface area contributed by atoms with Gasteiger partial charge in [0.2, 0.25) is 0 Å². The fourth-order valence-corrected chi connectivity index (χ4v) is 2.25. The van der Waals surface area contributed by atoms with Crippen LogP contribution in [-0.4, -0.2) is 42.4 Å². The molecule has 6 nitrogen and oxygen atoms in total. The van der Waals surface area contributed by atoms with Crippen LogP contribution in [0.2, 0.25) is 0 Å². The number of rotatable bonds is 5. The van der Waals surface area contributed by atoms with Gasteiger partial charge in [0.1, 0.15) is 0 Å². The van der Waals surface area contributed by atoms with Crippen molar-refractivity contribution in [3.05, 3.63) is 0 Å². The maximum atomic E-state index is 11.8. The van der Waals surface area contributed by atoms with E-state index in [2.05, 4.69) is 17.6 Å². The van der Waals surface area contributed by atoms with Crippen molar-refractivity contribution in [3.63, 3.8) is 0 Å². The molecule has 2 fully saturated rings. The van der Waals surface area contributed by atoms with Crippen molar-refractivity contribution in [2.24, 2.45) is 5.41 Å². The lowest BCUT2D eigenvalue weighted by atomic mass is 9.99. The number of carbonyl (C=O) groups is 2. The standard InChI is InChI=1S/C12H20N2O4/c1-2-11(3-4-11)7-13-10(17)14-12(9(15)16)5-6-18-8-12/h2-8H2,1H3,(H,15,16)(H2,13,14,17). The summed E-state index contributed by atoms with van der Waals surface area (Å²) < 4.78 is 5.08. The Hall–Kier alpha value is -1.30. The number of aliphatic carboxylic acids is 1. The molecule has 0 bridgehead atoms. The van der Waals surface area contributed by atoms with Gasteiger partial charge in [-0.25, -0.2) is 9.59 Å². The van der Waals surface area contributed by atoms with Gasteiger partial charge in [0.15, 0.2) is 5.54 Å². The molecule has 0 radical (unpaired) electrons. The Morgan fingerprint density at radius 3 is 2.50 bits per heavy atom. The van der Waals surface area contributed by atoms with Crippen LogP contribution in [0.3, 0.4) is 0 Å². The lowest BCUT2D eigenvalue weighted by molar-refractivity contribution is -0.144. The summed E-state index contributed by atoms with van der Waals surface area (Å²) in [4.78, 5) is 23.0. The molecule has 2 rings (SSSR count). The summed E-state index contributed by atoms with van der Waals surface area (Å²) in [6.07, 6.45) is 3.63. The van der Waals surface area contributed by atoms with E-state index in [0.717, 1.165) is 19.3 Å². The second-order valence-corrected chi connectivity index (χ2v) is 5.35. The normalized spacial score (nSPS) is 28.7. The van der Waals surface area contributed by atoms with Crippen molar-refractivity contribution in [1.29, 1.82) is 0 Å². The summed E-state index contributed by atoms with van der Waals surface area (Å²) in [7, 11) is 0. The third kappa shape index (κ3) is 2.58. The number of hydrogen-bond donors (Lipinski definition) is 3. The molecule has 1 aliphatic carbocycles. The number of amides is 2. The quantitative estimate of drug-likeness (QED) is 0.676. The van der Waals surface area contributed by atoms with E-state index in [1.54, 1.807) is 0 Å². The molecule has 1 saturated heterocycles. The number of carbonyl (C=O) groups excluding carboxylic acids is 1. The lowest BCUT2D eigenvalue weighted by Crippen LogP contribution is -2.58. The van der Waals surface area contributed by atoms with Crippen LogP contribution in [0.1, 0.15) is 32.6 Å². The molecule has 1 aliphatic heterocycles. The summed E-state index contributed by atoms with van der Waals surface area (Å²) in [5.41, 5.74) is -1.01. The van der Waals surface area contributed by atoms with Gasteiger partial charge in [-0.15, -0.1) is 0 Å². The molecule has 1 heterocycles. The summed E-state index contributed by atoms with van der Waals surface area (Å²) in [6, 6.07) is -0.414. The van der Waals surface area contributed by atoms with Gasteiger partial charge in [0.25, 0.3) is 0 Å². The second-order valence-electron chi connectivity index (χ2n) is 5.35. The largest absolute Gasteiger partial charge is 0.479 e. The molecular weight excluding hydrogens is 236 g/mol. The minimum Gasteiger partial charge on any atom is -0.479 e. The lowest BCUT2D eigenvalue weighted by Gasteiger charge is -2.24. The van der Waals surface area contributed by atoms with Gasteiger partial charge in [-0.2, -0.15) is 0 Å². The molecule has 18 heavy (non-hydrogen) atoms. The number of urea groups is 1. The Labute approximate surface area is 106 Å². The predicted octanol–water partition coefficient (Wildman–Crippen LogP) is 0.719. The Balaban J connectivity index is 1.84. The molecule has 1 unspecified atom stereocenters. The third-order valence-electron chi connectivity index (χ3n) is 4.11. The van der Waals surface area contributed by atoms with Crippen LogP contribution in [0.4, 0.5) is 4.79 Å². The van der Waals surface area contributed by atoms with Crippen LogP contribution in [0.5, 0.6) is 0 Å². The molecule has 3 N–H and O–H groups in total. The highest BCUT2D eigenvalue weighted by molar-refractivity contribution is 5.86. The molecule has 1 saturated carbocycles. The number of nitrogens with one attached hydrogen (secondary N) is 2. The maximum Gasteiger partial charge on any atom is 0.332 e. The molecule has 0 aromatic heterocycles. The van der Waals surface area contributed by atoms with Crippen molar-refractivity contribution in [3.8, 4) is 0 Å². The molecule has 2 aliphatic rings. The van der Waals surface area contributed by atoms with Crippen LogP contribution in [0.25, 0.3) is 0 Å². The van der Waals surface area contributed by atoms with Crippen molar-refractivity contribution in [1.82, 2.24) is 10.6 Å². The first kappa shape index (κ1) is 13.1. The zero-order chi connectivity index (χ0) is 13.2. The molecule has 6 heteroatoms. The topological polar surface area (TPSA) is 87.7 Å². The summed E-state index contributed by atoms with van der Waals surface area (Å²) in [5, 5.41) is 14.5. The highest BCUT2D eigenvalue weighted by Gasteiger charge is 2.45. The zero-order valence-corrected chi connectivity index (χ0v) is 10.6. The van der Waals surface area contributed by atoms with E-state index < -0.39 is 17.5 Å². The van der Waals surface area contributed by atoms with Crippen LogP contribution in [0, 0.1) is 5.41 Å². The van der Waals surface area contributed by atoms with Gasteiger partial charge in [-0.1, -0.05) is 6.92 Å². The molecule has 0 aromatic carbocycles. The first-order valence-corrected chi connectivity index (χ1v) is 6.39. The Morgan fingerprint density at radius 2 is 2.06 bits per heavy atom. The van der Waals surface area contributed by atoms with Gasteiger partial charge in [0.05, 0.1) is 6.61 Å². The van der Waals surface area contributed by atoms with Crippen LogP contribution >= 0.6 is 0 Å². The number of carboxylic acids is 1. The van der Waals surface area contributed by atoms with Gasteiger partial charge < -0.3 is 20.5 Å². The molecule has 0 spiro atoms. The van der Waals surface area contributed by atoms with E-state index >= 15 is 0 Å². The molecule has 2 amide bonds. The van der Waals surface area contributed by atoms with Gasteiger partial charge >= 0.3 is 12.0 Å². The summed E-state index contributed by atoms with van der Waals surface area (Å²) in [5.74, 6) is -1.04. The van der Waals surface area contributed by atoms with Crippen molar-refractivity contribution < 1.29 is 19.4 Å². The van der Waals surface area contributed by atoms with Gasteiger partial charge in [0, 0.05) is 19.6 Å². The SMILES string of the molecule is CCC1(CNC(=O)NC2(C(=O)O)CCOC2)CC1. The zero-order valence-electron chi connectivity index (χ0n) is 10.6. The first-order chi connectivity index (χ1) is 8.52. The van der Waals surface area contributed by atoms with Gasteiger partial charge in [-0.05, 0) is 24.7 Å². The average molecular weight is 256 g/mol. The summed E-state index contributed by atoms with van der Waals surface area (Å²) >= 11 is 0.